The summed E-state index contributed by atoms with van der Waals surface area (Å²) in [6, 6.07) is 21.4. The predicted octanol–water partition coefficient (Wildman–Crippen LogP) is 4.74. The van der Waals surface area contributed by atoms with Gasteiger partial charge < -0.3 is 25.4 Å². The first-order valence-corrected chi connectivity index (χ1v) is 11.6. The number of carbonyl (C=O) groups excluding carboxylic acids is 1. The summed E-state index contributed by atoms with van der Waals surface area (Å²) in [7, 11) is 3.21. The van der Waals surface area contributed by atoms with E-state index in [-0.39, 0.29) is 47.0 Å². The van der Waals surface area contributed by atoms with Gasteiger partial charge in [0.1, 0.15) is 5.75 Å². The van der Waals surface area contributed by atoms with Crippen LogP contribution in [-0.4, -0.2) is 39.8 Å². The van der Waals surface area contributed by atoms with Crippen LogP contribution in [-0.2, 0) is 6.54 Å². The summed E-state index contributed by atoms with van der Waals surface area (Å²) >= 11 is 0. The molecule has 0 bridgehead atoms. The molecule has 1 heterocycles. The normalized spacial score (nSPS) is 10.3. The number of rotatable bonds is 9. The minimum absolute atomic E-state index is 0.0847. The topological polar surface area (TPSA) is 170 Å². The number of anilines is 2. The van der Waals surface area contributed by atoms with E-state index in [1.807, 2.05) is 36.4 Å². The van der Waals surface area contributed by atoms with Crippen LogP contribution in [0, 0.1) is 21.4 Å². The van der Waals surface area contributed by atoms with E-state index in [2.05, 4.69) is 15.3 Å². The Morgan fingerprint density at radius 3 is 2.54 bits per heavy atom. The van der Waals surface area contributed by atoms with Gasteiger partial charge in [0.05, 0.1) is 22.2 Å². The number of nitrogen functional groups attached to an aromatic ring is 1. The molecule has 0 saturated heterocycles. The number of amides is 1. The second-order valence-corrected chi connectivity index (χ2v) is 8.40. The number of hydrogen-bond donors (Lipinski definition) is 2. The maximum Gasteiger partial charge on any atom is 0.373 e. The number of nitriles is 1. The maximum absolute atomic E-state index is 12.4. The number of carbonyl (C=O) groups is 1. The van der Waals surface area contributed by atoms with Crippen molar-refractivity contribution in [3.63, 3.8) is 0 Å². The van der Waals surface area contributed by atoms with Gasteiger partial charge in [0, 0.05) is 32.3 Å². The lowest BCUT2D eigenvalue weighted by molar-refractivity contribution is -0.385. The summed E-state index contributed by atoms with van der Waals surface area (Å²) in [5.74, 6) is -0.652. The van der Waals surface area contributed by atoms with Crippen molar-refractivity contribution in [3.05, 3.63) is 99.6 Å². The van der Waals surface area contributed by atoms with Gasteiger partial charge in [-0.3, -0.25) is 14.9 Å². The number of nitrogens with zero attached hydrogens (tertiary/aromatic N) is 5. The van der Waals surface area contributed by atoms with Crippen molar-refractivity contribution in [3.8, 4) is 29.5 Å². The highest BCUT2D eigenvalue weighted by atomic mass is 16.6. The average molecular weight is 526 g/mol. The Hall–Kier alpha value is -5.70. The van der Waals surface area contributed by atoms with E-state index in [0.717, 1.165) is 5.56 Å². The molecule has 196 valence electrons. The summed E-state index contributed by atoms with van der Waals surface area (Å²) < 4.78 is 11.6. The zero-order valence-corrected chi connectivity index (χ0v) is 21.0. The van der Waals surface area contributed by atoms with E-state index in [0.29, 0.717) is 5.56 Å². The third-order valence-electron chi connectivity index (χ3n) is 5.36. The van der Waals surface area contributed by atoms with Crippen LogP contribution in [0.25, 0.3) is 0 Å². The van der Waals surface area contributed by atoms with Crippen molar-refractivity contribution in [2.45, 2.75) is 6.54 Å². The van der Waals surface area contributed by atoms with Gasteiger partial charge in [-0.15, -0.1) is 0 Å². The predicted molar refractivity (Wildman–Crippen MR) is 143 cm³/mol. The molecule has 0 aliphatic heterocycles. The first-order chi connectivity index (χ1) is 18.7. The molecule has 0 unspecified atom stereocenters. The standard InChI is InChI=1S/C27H23N7O5/c1-33(2)26(35)19-9-6-10-20(14-19)38-25-23(34(36)37)24(30-16-17-7-4-3-5-8-17)31-27(32-25)39-22-13-18(15-28)11-12-21(22)29/h3-14H,16,29H2,1-2H3,(H,30,31,32). The molecule has 12 heteroatoms. The van der Waals surface area contributed by atoms with E-state index in [1.54, 1.807) is 26.2 Å². The number of aromatic nitrogens is 2. The summed E-state index contributed by atoms with van der Waals surface area (Å²) in [5, 5.41) is 24.3. The average Bonchev–Trinajstić information content (AvgIpc) is 2.93. The lowest BCUT2D eigenvalue weighted by Gasteiger charge is -2.14. The Morgan fingerprint density at radius 1 is 1.08 bits per heavy atom. The first kappa shape index (κ1) is 26.4. The Labute approximate surface area is 223 Å². The molecule has 0 aliphatic carbocycles. The number of nitrogens with two attached hydrogens (primary N) is 1. The third-order valence-corrected chi connectivity index (χ3v) is 5.36. The quantitative estimate of drug-likeness (QED) is 0.177. The molecule has 12 nitrogen and oxygen atoms in total. The van der Waals surface area contributed by atoms with Crippen LogP contribution < -0.4 is 20.5 Å². The molecule has 0 atom stereocenters. The fourth-order valence-corrected chi connectivity index (χ4v) is 3.45. The van der Waals surface area contributed by atoms with Crippen molar-refractivity contribution < 1.29 is 19.2 Å². The fraction of sp³-hybridized carbons (Fsp3) is 0.111. The minimum Gasteiger partial charge on any atom is -0.433 e. The van der Waals surface area contributed by atoms with Crippen LogP contribution in [0.2, 0.25) is 0 Å². The first-order valence-electron chi connectivity index (χ1n) is 11.6. The summed E-state index contributed by atoms with van der Waals surface area (Å²) in [4.78, 5) is 33.6. The van der Waals surface area contributed by atoms with Crippen LogP contribution in [0.5, 0.6) is 23.4 Å². The van der Waals surface area contributed by atoms with Crippen LogP contribution in [0.3, 0.4) is 0 Å². The molecule has 0 aliphatic rings. The van der Waals surface area contributed by atoms with E-state index < -0.39 is 16.5 Å². The summed E-state index contributed by atoms with van der Waals surface area (Å²) in [5.41, 5.74) is 7.09. The second-order valence-electron chi connectivity index (χ2n) is 8.40. The van der Waals surface area contributed by atoms with E-state index in [4.69, 9.17) is 15.2 Å². The number of benzene rings is 3. The largest absolute Gasteiger partial charge is 0.433 e. The number of ether oxygens (including phenoxy) is 2. The zero-order chi connectivity index (χ0) is 27.9. The molecule has 1 amide bonds. The van der Waals surface area contributed by atoms with Gasteiger partial charge in [0.25, 0.3) is 5.91 Å². The fourth-order valence-electron chi connectivity index (χ4n) is 3.45. The van der Waals surface area contributed by atoms with Gasteiger partial charge in [0.2, 0.25) is 5.82 Å². The maximum atomic E-state index is 12.4. The molecule has 1 aromatic heterocycles. The molecule has 0 radical (unpaired) electrons. The molecule has 3 aromatic carbocycles. The van der Waals surface area contributed by atoms with Gasteiger partial charge in [0.15, 0.2) is 5.75 Å². The minimum atomic E-state index is -0.675. The summed E-state index contributed by atoms with van der Waals surface area (Å²) in [6.07, 6.45) is 0. The SMILES string of the molecule is CN(C)C(=O)c1cccc(Oc2nc(Oc3cc(C#N)ccc3N)nc(NCc3ccccc3)c2[N+](=O)[O-])c1. The zero-order valence-electron chi connectivity index (χ0n) is 21.0. The van der Waals surface area contributed by atoms with Gasteiger partial charge in [-0.05, 0) is 35.9 Å². The van der Waals surface area contributed by atoms with E-state index in [9.17, 15) is 20.2 Å². The Balaban J connectivity index is 1.78. The van der Waals surface area contributed by atoms with Crippen molar-refractivity contribution in [1.82, 2.24) is 14.9 Å². The third kappa shape index (κ3) is 6.36. The number of nitro groups is 1. The highest BCUT2D eigenvalue weighted by molar-refractivity contribution is 5.94. The Bertz CT molecular complexity index is 1570. The molecule has 0 spiro atoms. The van der Waals surface area contributed by atoms with Crippen LogP contribution in [0.15, 0.2) is 72.8 Å². The van der Waals surface area contributed by atoms with Crippen molar-refractivity contribution in [2.24, 2.45) is 0 Å². The Morgan fingerprint density at radius 2 is 1.85 bits per heavy atom. The number of hydrogen-bond acceptors (Lipinski definition) is 10. The van der Waals surface area contributed by atoms with Gasteiger partial charge in [-0.25, -0.2) is 0 Å². The van der Waals surface area contributed by atoms with Gasteiger partial charge in [-0.1, -0.05) is 36.4 Å². The van der Waals surface area contributed by atoms with Crippen molar-refractivity contribution in [2.75, 3.05) is 25.1 Å². The van der Waals surface area contributed by atoms with Crippen molar-refractivity contribution >= 4 is 23.1 Å². The van der Waals surface area contributed by atoms with Crippen LogP contribution in [0.4, 0.5) is 17.2 Å². The molecule has 0 fully saturated rings. The smallest absolute Gasteiger partial charge is 0.373 e. The second kappa shape index (κ2) is 11.6. The molecule has 4 rings (SSSR count). The van der Waals surface area contributed by atoms with Gasteiger partial charge >= 0.3 is 17.6 Å². The molecule has 39 heavy (non-hydrogen) atoms. The lowest BCUT2D eigenvalue weighted by Crippen LogP contribution is -2.21. The Kier molecular flexibility index (Phi) is 7.82. The van der Waals surface area contributed by atoms with E-state index >= 15 is 0 Å². The highest BCUT2D eigenvalue weighted by Crippen LogP contribution is 2.38. The van der Waals surface area contributed by atoms with E-state index in [1.165, 1.54) is 35.2 Å². The molecular formula is C27H23N7O5. The molecule has 3 N–H and O–H groups in total. The van der Waals surface area contributed by atoms with Crippen molar-refractivity contribution in [1.29, 1.82) is 5.26 Å². The highest BCUT2D eigenvalue weighted by Gasteiger charge is 2.28. The monoisotopic (exact) mass is 525 g/mol. The molecular weight excluding hydrogens is 502 g/mol. The van der Waals surface area contributed by atoms with Crippen LogP contribution >= 0.6 is 0 Å². The van der Waals surface area contributed by atoms with Gasteiger partial charge in [-0.2, -0.15) is 15.2 Å². The summed E-state index contributed by atoms with van der Waals surface area (Å²) in [6.45, 7) is 0.205. The van der Waals surface area contributed by atoms with Crippen LogP contribution in [0.1, 0.15) is 21.5 Å². The molecule has 0 saturated carbocycles. The molecule has 4 aromatic rings. The number of nitrogens with one attached hydrogen (secondary N) is 1. The lowest BCUT2D eigenvalue weighted by atomic mass is 10.2.